The summed E-state index contributed by atoms with van der Waals surface area (Å²) in [6, 6.07) is 12.5. The van der Waals surface area contributed by atoms with E-state index >= 15 is 0 Å². The summed E-state index contributed by atoms with van der Waals surface area (Å²) < 4.78 is 2.04. The van der Waals surface area contributed by atoms with E-state index in [0.717, 1.165) is 44.1 Å². The average molecular weight is 395 g/mol. The van der Waals surface area contributed by atoms with Gasteiger partial charge >= 0.3 is 0 Å². The highest BCUT2D eigenvalue weighted by Crippen LogP contribution is 2.29. The van der Waals surface area contributed by atoms with Gasteiger partial charge in [-0.25, -0.2) is 4.68 Å². The third-order valence-electron chi connectivity index (χ3n) is 6.57. The lowest BCUT2D eigenvalue weighted by Crippen LogP contribution is -2.38. The standard InChI is InChI=1S/C24H34N4O/c29-24(12-11-20-7-3-1-4-8-20)26-23-13-16-25-28(23)22-14-17-27(18-15-22)19-21-9-5-2-6-10-21/h1,3-4,7-8,13,16,21-22H,2,5-6,9-12,14-15,17-19H2,(H,26,29). The fraction of sp³-hybridized carbons (Fsp3) is 0.583. The number of anilines is 1. The Labute approximate surface area is 174 Å². The highest BCUT2D eigenvalue weighted by Gasteiger charge is 2.25. The molecule has 1 aromatic carbocycles. The molecule has 0 radical (unpaired) electrons. The Balaban J connectivity index is 1.25. The number of aryl methyl sites for hydroxylation is 1. The SMILES string of the molecule is O=C(CCc1ccccc1)Nc1ccnn1C1CCN(CC2CCCCC2)CC1. The van der Waals surface area contributed by atoms with Crippen molar-refractivity contribution >= 4 is 11.7 Å². The number of likely N-dealkylation sites (tertiary alicyclic amines) is 1. The number of carbonyl (C=O) groups is 1. The number of rotatable bonds is 7. The Bertz CT molecular complexity index is 758. The van der Waals surface area contributed by atoms with Gasteiger partial charge in [0.25, 0.3) is 0 Å². The predicted octanol–water partition coefficient (Wildman–Crippen LogP) is 4.67. The van der Waals surface area contributed by atoms with Gasteiger partial charge in [-0.05, 0) is 43.6 Å². The molecule has 1 aliphatic heterocycles. The van der Waals surface area contributed by atoms with Crippen molar-refractivity contribution < 1.29 is 4.79 Å². The van der Waals surface area contributed by atoms with Crippen molar-refractivity contribution in [2.75, 3.05) is 25.0 Å². The van der Waals surface area contributed by atoms with E-state index in [1.807, 2.05) is 28.9 Å². The largest absolute Gasteiger partial charge is 0.311 e. The van der Waals surface area contributed by atoms with Gasteiger partial charge in [0.15, 0.2) is 0 Å². The Morgan fingerprint density at radius 1 is 1.00 bits per heavy atom. The van der Waals surface area contributed by atoms with Crippen LogP contribution in [0.1, 0.15) is 63.0 Å². The summed E-state index contributed by atoms with van der Waals surface area (Å²) in [6.07, 6.45) is 12.4. The summed E-state index contributed by atoms with van der Waals surface area (Å²) >= 11 is 0. The van der Waals surface area contributed by atoms with Crippen LogP contribution in [-0.2, 0) is 11.2 Å². The van der Waals surface area contributed by atoms with Gasteiger partial charge in [-0.1, -0.05) is 49.6 Å². The molecule has 2 aliphatic rings. The normalized spacial score (nSPS) is 19.3. The van der Waals surface area contributed by atoms with Gasteiger partial charge in [0.05, 0.1) is 12.2 Å². The first-order valence-electron chi connectivity index (χ1n) is 11.4. The molecule has 29 heavy (non-hydrogen) atoms. The Hall–Kier alpha value is -2.14. The van der Waals surface area contributed by atoms with Crippen molar-refractivity contribution in [1.29, 1.82) is 0 Å². The molecule has 2 heterocycles. The summed E-state index contributed by atoms with van der Waals surface area (Å²) in [5.41, 5.74) is 1.20. The number of aromatic nitrogens is 2. The minimum atomic E-state index is 0.0605. The third-order valence-corrected chi connectivity index (χ3v) is 6.57. The topological polar surface area (TPSA) is 50.2 Å². The van der Waals surface area contributed by atoms with E-state index in [9.17, 15) is 4.79 Å². The van der Waals surface area contributed by atoms with E-state index in [1.165, 1.54) is 44.2 Å². The molecule has 1 N–H and O–H groups in total. The molecule has 5 nitrogen and oxygen atoms in total. The van der Waals surface area contributed by atoms with Gasteiger partial charge in [0.2, 0.25) is 5.91 Å². The van der Waals surface area contributed by atoms with E-state index in [1.54, 1.807) is 6.20 Å². The van der Waals surface area contributed by atoms with Crippen LogP contribution in [0.3, 0.4) is 0 Å². The number of amides is 1. The molecule has 1 amide bonds. The van der Waals surface area contributed by atoms with Gasteiger partial charge in [0.1, 0.15) is 5.82 Å². The average Bonchev–Trinajstić information content (AvgIpc) is 3.22. The minimum absolute atomic E-state index is 0.0605. The van der Waals surface area contributed by atoms with E-state index in [0.29, 0.717) is 12.5 Å². The van der Waals surface area contributed by atoms with Crippen molar-refractivity contribution in [3.05, 3.63) is 48.2 Å². The highest BCUT2D eigenvalue weighted by atomic mass is 16.1. The Kier molecular flexibility index (Phi) is 6.99. The summed E-state index contributed by atoms with van der Waals surface area (Å²) in [5.74, 6) is 1.81. The quantitative estimate of drug-likeness (QED) is 0.742. The van der Waals surface area contributed by atoms with Crippen LogP contribution in [0.5, 0.6) is 0 Å². The number of benzene rings is 1. The smallest absolute Gasteiger partial charge is 0.225 e. The van der Waals surface area contributed by atoms with E-state index in [2.05, 4.69) is 27.4 Å². The summed E-state index contributed by atoms with van der Waals surface area (Å²) in [4.78, 5) is 15.1. The van der Waals surface area contributed by atoms with Gasteiger partial charge in [-0.2, -0.15) is 5.10 Å². The Morgan fingerprint density at radius 2 is 1.76 bits per heavy atom. The van der Waals surface area contributed by atoms with E-state index in [-0.39, 0.29) is 5.91 Å². The lowest BCUT2D eigenvalue weighted by Gasteiger charge is -2.35. The molecule has 2 fully saturated rings. The Morgan fingerprint density at radius 3 is 2.52 bits per heavy atom. The zero-order valence-corrected chi connectivity index (χ0v) is 17.4. The zero-order valence-electron chi connectivity index (χ0n) is 17.4. The van der Waals surface area contributed by atoms with Crippen molar-refractivity contribution in [1.82, 2.24) is 14.7 Å². The lowest BCUT2D eigenvalue weighted by atomic mass is 9.88. The second-order valence-corrected chi connectivity index (χ2v) is 8.73. The number of nitrogens with one attached hydrogen (secondary N) is 1. The fourth-order valence-electron chi connectivity index (χ4n) is 4.89. The van der Waals surface area contributed by atoms with Crippen LogP contribution in [0.15, 0.2) is 42.6 Å². The predicted molar refractivity (Wildman–Crippen MR) is 117 cm³/mol. The van der Waals surface area contributed by atoms with Gasteiger partial charge in [-0.15, -0.1) is 0 Å². The van der Waals surface area contributed by atoms with Crippen molar-refractivity contribution in [3.8, 4) is 0 Å². The van der Waals surface area contributed by atoms with Crippen LogP contribution < -0.4 is 5.32 Å². The second kappa shape index (κ2) is 10.1. The van der Waals surface area contributed by atoms with Crippen LogP contribution in [0.4, 0.5) is 5.82 Å². The minimum Gasteiger partial charge on any atom is -0.311 e. The van der Waals surface area contributed by atoms with Gasteiger partial charge in [0, 0.05) is 32.1 Å². The maximum absolute atomic E-state index is 12.4. The number of hydrogen-bond acceptors (Lipinski definition) is 3. The molecule has 1 aliphatic carbocycles. The van der Waals surface area contributed by atoms with Crippen LogP contribution >= 0.6 is 0 Å². The molecule has 1 aromatic heterocycles. The number of piperidine rings is 1. The molecule has 1 saturated carbocycles. The number of nitrogens with zero attached hydrogens (tertiary/aromatic N) is 3. The molecular formula is C24H34N4O. The van der Waals surface area contributed by atoms with Gasteiger partial charge < -0.3 is 10.2 Å². The lowest BCUT2D eigenvalue weighted by molar-refractivity contribution is -0.116. The van der Waals surface area contributed by atoms with Crippen molar-refractivity contribution in [2.45, 2.75) is 63.8 Å². The molecule has 156 valence electrons. The zero-order chi connectivity index (χ0) is 19.9. The molecule has 0 spiro atoms. The molecule has 2 aromatic rings. The van der Waals surface area contributed by atoms with Crippen molar-refractivity contribution in [3.63, 3.8) is 0 Å². The monoisotopic (exact) mass is 394 g/mol. The van der Waals surface area contributed by atoms with Crippen LogP contribution in [0.25, 0.3) is 0 Å². The number of hydrogen-bond donors (Lipinski definition) is 1. The summed E-state index contributed by atoms with van der Waals surface area (Å²) in [6.45, 7) is 3.56. The van der Waals surface area contributed by atoms with E-state index < -0.39 is 0 Å². The highest BCUT2D eigenvalue weighted by molar-refractivity contribution is 5.89. The molecule has 0 atom stereocenters. The molecule has 0 bridgehead atoms. The molecule has 0 unspecified atom stereocenters. The summed E-state index contributed by atoms with van der Waals surface area (Å²) in [5, 5.41) is 7.62. The van der Waals surface area contributed by atoms with E-state index in [4.69, 9.17) is 0 Å². The fourth-order valence-corrected chi connectivity index (χ4v) is 4.89. The molecule has 5 heteroatoms. The summed E-state index contributed by atoms with van der Waals surface area (Å²) in [7, 11) is 0. The third kappa shape index (κ3) is 5.69. The number of carbonyl (C=O) groups excluding carboxylic acids is 1. The maximum Gasteiger partial charge on any atom is 0.225 e. The van der Waals surface area contributed by atoms with Crippen LogP contribution in [-0.4, -0.2) is 40.2 Å². The van der Waals surface area contributed by atoms with Crippen LogP contribution in [0, 0.1) is 5.92 Å². The first-order valence-corrected chi connectivity index (χ1v) is 11.4. The maximum atomic E-state index is 12.4. The first kappa shape index (κ1) is 20.1. The molecular weight excluding hydrogens is 360 g/mol. The van der Waals surface area contributed by atoms with Gasteiger partial charge in [-0.3, -0.25) is 4.79 Å². The van der Waals surface area contributed by atoms with Crippen LogP contribution in [0.2, 0.25) is 0 Å². The second-order valence-electron chi connectivity index (χ2n) is 8.73. The molecule has 4 rings (SSSR count). The first-order chi connectivity index (χ1) is 14.3. The van der Waals surface area contributed by atoms with Crippen molar-refractivity contribution in [2.24, 2.45) is 5.92 Å². The molecule has 1 saturated heterocycles.